The van der Waals surface area contributed by atoms with E-state index in [-0.39, 0.29) is 19.3 Å². The van der Waals surface area contributed by atoms with Crippen molar-refractivity contribution in [2.24, 2.45) is 0 Å². The van der Waals surface area contributed by atoms with Gasteiger partial charge >= 0.3 is 41.9 Å². The molecule has 0 bridgehead atoms. The van der Waals surface area contributed by atoms with Gasteiger partial charge in [-0.05, 0) is 6.42 Å². The molecule has 0 amide bonds. The predicted octanol–water partition coefficient (Wildman–Crippen LogP) is 6.99. The molecule has 242 valence electrons. The Morgan fingerprint density at radius 3 is 1.57 bits per heavy atom. The molecular weight excluding hydrogens is 544 g/mol. The van der Waals surface area contributed by atoms with Crippen molar-refractivity contribution in [3.8, 4) is 0 Å². The number of unbranched alkanes of at least 4 members (excludes halogenated alkanes) is 17. The van der Waals surface area contributed by atoms with Crippen LogP contribution in [0.2, 0.25) is 0 Å². The summed E-state index contributed by atoms with van der Waals surface area (Å²) in [5.74, 6) is -6.70. The van der Waals surface area contributed by atoms with Crippen molar-refractivity contribution in [1.29, 1.82) is 0 Å². The molecule has 1 heterocycles. The highest BCUT2D eigenvalue weighted by molar-refractivity contribution is 5.78. The number of hydrogen-bond donors (Lipinski definition) is 0. The molecule has 0 aromatic rings. The standard InChI is InChI=1S/C32H54O10/c1-4-5-6-7-8-9-10-11-12-13-14-15-16-17-18-19-20-21-22-30(37)42-32(41-27(3)34)25-38-28(35)23-24-29(36)40-31(32)39-26(2)33/h31H,4-25H2,1-3H3. The molecular formula is C32H54O10. The van der Waals surface area contributed by atoms with Crippen molar-refractivity contribution in [2.45, 2.75) is 168 Å². The van der Waals surface area contributed by atoms with Crippen molar-refractivity contribution in [3.63, 3.8) is 0 Å². The molecule has 10 nitrogen and oxygen atoms in total. The van der Waals surface area contributed by atoms with Crippen LogP contribution in [0.3, 0.4) is 0 Å². The summed E-state index contributed by atoms with van der Waals surface area (Å²) in [5, 5.41) is 0. The summed E-state index contributed by atoms with van der Waals surface area (Å²) in [5.41, 5.74) is 0. The SMILES string of the molecule is CCCCCCCCCCCCCCCCCCCCC(=O)OC1(OC(C)=O)COC(=O)CCC(=O)OC1OC(C)=O. The Kier molecular flexibility index (Phi) is 20.4. The average Bonchev–Trinajstić information content (AvgIpc) is 2.97. The van der Waals surface area contributed by atoms with Crippen molar-refractivity contribution < 1.29 is 47.7 Å². The summed E-state index contributed by atoms with van der Waals surface area (Å²) >= 11 is 0. The van der Waals surface area contributed by atoms with Crippen LogP contribution in [0.1, 0.15) is 156 Å². The largest absolute Gasteiger partial charge is 0.457 e. The highest BCUT2D eigenvalue weighted by atomic mass is 16.8. The monoisotopic (exact) mass is 598 g/mol. The van der Waals surface area contributed by atoms with E-state index in [4.69, 9.17) is 23.7 Å². The van der Waals surface area contributed by atoms with Gasteiger partial charge in [0.05, 0.1) is 12.8 Å². The van der Waals surface area contributed by atoms with Crippen LogP contribution in [-0.2, 0) is 47.7 Å². The smallest absolute Gasteiger partial charge is 0.366 e. The molecule has 2 unspecified atom stereocenters. The third-order valence-electron chi connectivity index (χ3n) is 7.18. The minimum absolute atomic E-state index is 0.00353. The van der Waals surface area contributed by atoms with Crippen LogP contribution in [-0.4, -0.2) is 48.5 Å². The number of esters is 5. The van der Waals surface area contributed by atoms with Crippen molar-refractivity contribution in [1.82, 2.24) is 0 Å². The Bertz CT molecular complexity index is 811. The zero-order valence-electron chi connectivity index (χ0n) is 26.2. The molecule has 0 aromatic heterocycles. The van der Waals surface area contributed by atoms with Gasteiger partial charge in [0.2, 0.25) is 0 Å². The third-order valence-corrected chi connectivity index (χ3v) is 7.18. The summed E-state index contributed by atoms with van der Waals surface area (Å²) in [4.78, 5) is 60.4. The first-order valence-corrected chi connectivity index (χ1v) is 16.1. The predicted molar refractivity (Wildman–Crippen MR) is 156 cm³/mol. The second kappa shape index (κ2) is 22.9. The first-order chi connectivity index (χ1) is 20.2. The number of rotatable bonds is 22. The second-order valence-electron chi connectivity index (χ2n) is 11.2. The lowest BCUT2D eigenvalue weighted by Gasteiger charge is -2.35. The van der Waals surface area contributed by atoms with Gasteiger partial charge < -0.3 is 23.7 Å². The number of carbonyl (C=O) groups excluding carboxylic acids is 5. The van der Waals surface area contributed by atoms with Crippen LogP contribution in [0.25, 0.3) is 0 Å². The van der Waals surface area contributed by atoms with E-state index >= 15 is 0 Å². The van der Waals surface area contributed by atoms with Crippen LogP contribution in [0, 0.1) is 0 Å². The van der Waals surface area contributed by atoms with E-state index < -0.39 is 48.5 Å². The van der Waals surface area contributed by atoms with E-state index in [1.807, 2.05) is 0 Å². The fourth-order valence-electron chi connectivity index (χ4n) is 4.89. The molecule has 0 saturated carbocycles. The van der Waals surface area contributed by atoms with Crippen molar-refractivity contribution in [3.05, 3.63) is 0 Å². The Balaban J connectivity index is 2.31. The Morgan fingerprint density at radius 1 is 0.667 bits per heavy atom. The van der Waals surface area contributed by atoms with Gasteiger partial charge in [0.25, 0.3) is 0 Å². The lowest BCUT2D eigenvalue weighted by Crippen LogP contribution is -2.56. The van der Waals surface area contributed by atoms with E-state index in [1.165, 1.54) is 89.9 Å². The molecule has 0 radical (unpaired) electrons. The third kappa shape index (κ3) is 18.0. The van der Waals surface area contributed by atoms with Crippen LogP contribution in [0.5, 0.6) is 0 Å². The summed E-state index contributed by atoms with van der Waals surface area (Å²) in [7, 11) is 0. The second-order valence-corrected chi connectivity index (χ2v) is 11.2. The van der Waals surface area contributed by atoms with Crippen LogP contribution in [0.4, 0.5) is 0 Å². The maximum atomic E-state index is 12.7. The zero-order chi connectivity index (χ0) is 31.1. The van der Waals surface area contributed by atoms with Gasteiger partial charge in [-0.1, -0.05) is 116 Å². The summed E-state index contributed by atoms with van der Waals surface area (Å²) in [6.45, 7) is 3.55. The molecule has 0 spiro atoms. The van der Waals surface area contributed by atoms with Gasteiger partial charge in [-0.2, -0.15) is 0 Å². The molecule has 0 N–H and O–H groups in total. The van der Waals surface area contributed by atoms with Gasteiger partial charge in [0, 0.05) is 20.3 Å². The minimum Gasteiger partial charge on any atom is -0.457 e. The Morgan fingerprint density at radius 2 is 1.12 bits per heavy atom. The molecule has 1 aliphatic rings. The van der Waals surface area contributed by atoms with Crippen molar-refractivity contribution >= 4 is 29.8 Å². The number of carbonyl (C=O) groups is 5. The van der Waals surface area contributed by atoms with Crippen molar-refractivity contribution in [2.75, 3.05) is 6.61 Å². The summed E-state index contributed by atoms with van der Waals surface area (Å²) < 4.78 is 25.8. The van der Waals surface area contributed by atoms with E-state index in [0.29, 0.717) is 6.42 Å². The van der Waals surface area contributed by atoms with Gasteiger partial charge in [-0.15, -0.1) is 0 Å². The number of hydrogen-bond acceptors (Lipinski definition) is 10. The maximum Gasteiger partial charge on any atom is 0.366 e. The van der Waals surface area contributed by atoms with E-state index in [1.54, 1.807) is 0 Å². The normalized spacial score (nSPS) is 19.1. The topological polar surface area (TPSA) is 132 Å². The summed E-state index contributed by atoms with van der Waals surface area (Å²) in [6.07, 6.45) is 19.4. The zero-order valence-corrected chi connectivity index (χ0v) is 26.2. The molecule has 10 heteroatoms. The fraction of sp³-hybridized carbons (Fsp3) is 0.844. The van der Waals surface area contributed by atoms with E-state index in [9.17, 15) is 24.0 Å². The molecule has 2 atom stereocenters. The minimum atomic E-state index is -2.45. The average molecular weight is 599 g/mol. The first-order valence-electron chi connectivity index (χ1n) is 16.1. The number of cyclic esters (lactones) is 2. The van der Waals surface area contributed by atoms with Crippen LogP contribution in [0.15, 0.2) is 0 Å². The van der Waals surface area contributed by atoms with Crippen LogP contribution < -0.4 is 0 Å². The molecule has 1 saturated heterocycles. The lowest BCUT2D eigenvalue weighted by molar-refractivity contribution is -0.320. The van der Waals surface area contributed by atoms with E-state index in [0.717, 1.165) is 33.1 Å². The molecule has 42 heavy (non-hydrogen) atoms. The van der Waals surface area contributed by atoms with Gasteiger partial charge in [0.1, 0.15) is 0 Å². The summed E-state index contributed by atoms with van der Waals surface area (Å²) in [6, 6.07) is 0. The molecule has 0 aromatic carbocycles. The Labute approximate surface area is 251 Å². The van der Waals surface area contributed by atoms with E-state index in [2.05, 4.69) is 6.92 Å². The maximum absolute atomic E-state index is 12.7. The first kappa shape index (κ1) is 37.4. The van der Waals surface area contributed by atoms with Gasteiger partial charge in [-0.3, -0.25) is 24.0 Å². The quantitative estimate of drug-likeness (QED) is 0.0556. The highest BCUT2D eigenvalue weighted by Gasteiger charge is 2.53. The highest BCUT2D eigenvalue weighted by Crippen LogP contribution is 2.27. The van der Waals surface area contributed by atoms with Crippen LogP contribution >= 0.6 is 0 Å². The lowest BCUT2D eigenvalue weighted by atomic mass is 10.0. The molecule has 1 aliphatic heterocycles. The Hall–Kier alpha value is -2.65. The van der Waals surface area contributed by atoms with Gasteiger partial charge in [0.15, 0.2) is 6.61 Å². The fourth-order valence-corrected chi connectivity index (χ4v) is 4.89. The van der Waals surface area contributed by atoms with Gasteiger partial charge in [-0.25, -0.2) is 0 Å². The molecule has 1 fully saturated rings. The number of ether oxygens (including phenoxy) is 5. The molecule has 0 aliphatic carbocycles. The molecule has 1 rings (SSSR count).